The van der Waals surface area contributed by atoms with E-state index in [0.717, 1.165) is 6.42 Å². The Labute approximate surface area is 149 Å². The van der Waals surface area contributed by atoms with Crippen molar-refractivity contribution in [3.63, 3.8) is 0 Å². The summed E-state index contributed by atoms with van der Waals surface area (Å²) in [5, 5.41) is 0. The van der Waals surface area contributed by atoms with Gasteiger partial charge in [-0.3, -0.25) is 0 Å². The molecule has 0 saturated heterocycles. The Morgan fingerprint density at radius 2 is 1.28 bits per heavy atom. The summed E-state index contributed by atoms with van der Waals surface area (Å²) >= 11 is 0. The number of hydrogen-bond donors (Lipinski definition) is 0. The highest BCUT2D eigenvalue weighted by Gasteiger charge is 2.36. The Balaban J connectivity index is 1.74. The van der Waals surface area contributed by atoms with Crippen molar-refractivity contribution in [1.82, 2.24) is 0 Å². The number of allylic oxidation sites excluding steroid dienone is 4. The zero-order valence-corrected chi connectivity index (χ0v) is 14.1. The van der Waals surface area contributed by atoms with Crippen molar-refractivity contribution >= 4 is 0 Å². The molecule has 0 fully saturated rings. The van der Waals surface area contributed by atoms with Crippen molar-refractivity contribution in [2.45, 2.75) is 18.3 Å². The van der Waals surface area contributed by atoms with Crippen molar-refractivity contribution in [2.24, 2.45) is 0 Å². The van der Waals surface area contributed by atoms with Gasteiger partial charge in [0, 0.05) is 11.8 Å². The van der Waals surface area contributed by atoms with Crippen LogP contribution in [0.3, 0.4) is 0 Å². The van der Waals surface area contributed by atoms with Gasteiger partial charge in [0.1, 0.15) is 0 Å². The molecular weight excluding hydrogens is 300 g/mol. The fourth-order valence-electron chi connectivity index (χ4n) is 4.53. The SMILES string of the molecule is C1=CCC(C(c2ccccc2)C2c3ccccc3-c3ccccc32)=C1. The van der Waals surface area contributed by atoms with Crippen LogP contribution in [-0.4, -0.2) is 0 Å². The van der Waals surface area contributed by atoms with Crippen LogP contribution < -0.4 is 0 Å². The van der Waals surface area contributed by atoms with Crippen molar-refractivity contribution in [3.8, 4) is 11.1 Å². The number of fused-ring (bicyclic) bond motifs is 3. The third-order valence-corrected chi connectivity index (χ3v) is 5.57. The second-order valence-electron chi connectivity index (χ2n) is 6.91. The lowest BCUT2D eigenvalue weighted by Crippen LogP contribution is -2.13. The molecule has 2 aliphatic rings. The van der Waals surface area contributed by atoms with E-state index in [-0.39, 0.29) is 0 Å². The summed E-state index contributed by atoms with van der Waals surface area (Å²) in [6, 6.07) is 28.9. The summed E-state index contributed by atoms with van der Waals surface area (Å²) in [4.78, 5) is 0. The van der Waals surface area contributed by atoms with Gasteiger partial charge in [-0.1, -0.05) is 103 Å². The molecule has 1 atom stereocenters. The van der Waals surface area contributed by atoms with Gasteiger partial charge in [-0.15, -0.1) is 0 Å². The van der Waals surface area contributed by atoms with Gasteiger partial charge in [-0.05, 0) is 34.2 Å². The van der Waals surface area contributed by atoms with E-state index in [1.807, 2.05) is 0 Å². The maximum absolute atomic E-state index is 2.32. The van der Waals surface area contributed by atoms with E-state index in [2.05, 4.69) is 97.1 Å². The van der Waals surface area contributed by atoms with Crippen LogP contribution >= 0.6 is 0 Å². The molecule has 2 aliphatic carbocycles. The lowest BCUT2D eigenvalue weighted by atomic mass is 9.75. The average Bonchev–Trinajstić information content (AvgIpc) is 3.31. The first-order valence-electron chi connectivity index (χ1n) is 9.02. The van der Waals surface area contributed by atoms with Crippen molar-refractivity contribution in [2.75, 3.05) is 0 Å². The first-order chi connectivity index (χ1) is 12.4. The third kappa shape index (κ3) is 2.29. The Kier molecular flexibility index (Phi) is 3.41. The molecule has 0 aliphatic heterocycles. The van der Waals surface area contributed by atoms with E-state index in [1.165, 1.54) is 33.4 Å². The highest BCUT2D eigenvalue weighted by atomic mass is 14.4. The Morgan fingerprint density at radius 3 is 1.88 bits per heavy atom. The molecule has 3 aromatic rings. The molecule has 0 heterocycles. The maximum atomic E-state index is 2.32. The first kappa shape index (κ1) is 14.5. The third-order valence-electron chi connectivity index (χ3n) is 5.57. The largest absolute Gasteiger partial charge is 0.0804 e. The van der Waals surface area contributed by atoms with Crippen LogP contribution in [-0.2, 0) is 0 Å². The molecule has 0 amide bonds. The smallest absolute Gasteiger partial charge is 0.0208 e. The van der Waals surface area contributed by atoms with Gasteiger partial charge in [0.15, 0.2) is 0 Å². The van der Waals surface area contributed by atoms with Gasteiger partial charge in [0.05, 0.1) is 0 Å². The quantitative estimate of drug-likeness (QED) is 0.519. The molecule has 0 saturated carbocycles. The molecular formula is C25H20. The summed E-state index contributed by atoms with van der Waals surface area (Å²) in [5.74, 6) is 0.780. The lowest BCUT2D eigenvalue weighted by Gasteiger charge is -2.28. The van der Waals surface area contributed by atoms with Gasteiger partial charge < -0.3 is 0 Å². The molecule has 0 nitrogen and oxygen atoms in total. The monoisotopic (exact) mass is 320 g/mol. The number of hydrogen-bond acceptors (Lipinski definition) is 0. The molecule has 0 aromatic heterocycles. The summed E-state index contributed by atoms with van der Waals surface area (Å²) in [7, 11) is 0. The molecule has 1 unspecified atom stereocenters. The lowest BCUT2D eigenvalue weighted by molar-refractivity contribution is 0.685. The zero-order valence-electron chi connectivity index (χ0n) is 14.1. The fourth-order valence-corrected chi connectivity index (χ4v) is 4.53. The molecule has 0 N–H and O–H groups in total. The van der Waals surface area contributed by atoms with Crippen LogP contribution in [0.25, 0.3) is 11.1 Å². The highest BCUT2D eigenvalue weighted by molar-refractivity contribution is 5.79. The Bertz CT molecular complexity index is 930. The van der Waals surface area contributed by atoms with Gasteiger partial charge >= 0.3 is 0 Å². The van der Waals surface area contributed by atoms with Crippen LogP contribution in [0.5, 0.6) is 0 Å². The van der Waals surface area contributed by atoms with Crippen molar-refractivity contribution in [1.29, 1.82) is 0 Å². The van der Waals surface area contributed by atoms with Crippen LogP contribution in [0, 0.1) is 0 Å². The second-order valence-corrected chi connectivity index (χ2v) is 6.91. The average molecular weight is 320 g/mol. The Hall–Kier alpha value is -2.86. The minimum absolute atomic E-state index is 0.390. The molecule has 0 spiro atoms. The number of rotatable bonds is 3. The molecule has 0 heteroatoms. The molecule has 0 radical (unpaired) electrons. The normalized spacial score (nSPS) is 16.4. The predicted octanol–water partition coefficient (Wildman–Crippen LogP) is 6.47. The van der Waals surface area contributed by atoms with Crippen molar-refractivity contribution < 1.29 is 0 Å². The van der Waals surface area contributed by atoms with E-state index in [9.17, 15) is 0 Å². The Morgan fingerprint density at radius 1 is 0.680 bits per heavy atom. The van der Waals surface area contributed by atoms with E-state index < -0.39 is 0 Å². The van der Waals surface area contributed by atoms with Crippen LogP contribution in [0.2, 0.25) is 0 Å². The minimum Gasteiger partial charge on any atom is -0.0804 e. The van der Waals surface area contributed by atoms with Gasteiger partial charge in [0.25, 0.3) is 0 Å². The van der Waals surface area contributed by atoms with E-state index in [4.69, 9.17) is 0 Å². The van der Waals surface area contributed by atoms with Gasteiger partial charge in [0.2, 0.25) is 0 Å². The standard InChI is InChI=1S/C25H20/c1-2-10-18(11-3-1)24(19-12-4-5-13-19)25-22-16-8-6-14-20(22)21-15-7-9-17-23(21)25/h1-12,14-17,24-25H,13H2. The van der Waals surface area contributed by atoms with E-state index in [0.29, 0.717) is 11.8 Å². The highest BCUT2D eigenvalue weighted by Crippen LogP contribution is 2.53. The summed E-state index contributed by atoms with van der Waals surface area (Å²) in [6.07, 6.45) is 7.86. The van der Waals surface area contributed by atoms with Crippen molar-refractivity contribution in [3.05, 3.63) is 119 Å². The summed E-state index contributed by atoms with van der Waals surface area (Å²) in [6.45, 7) is 0. The van der Waals surface area contributed by atoms with Crippen LogP contribution in [0.4, 0.5) is 0 Å². The van der Waals surface area contributed by atoms with E-state index in [1.54, 1.807) is 0 Å². The molecule has 5 rings (SSSR count). The van der Waals surface area contributed by atoms with Crippen LogP contribution in [0.1, 0.15) is 34.9 Å². The molecule has 120 valence electrons. The van der Waals surface area contributed by atoms with E-state index >= 15 is 0 Å². The molecule has 0 bridgehead atoms. The second kappa shape index (κ2) is 5.89. The summed E-state index contributed by atoms with van der Waals surface area (Å²) < 4.78 is 0. The van der Waals surface area contributed by atoms with Gasteiger partial charge in [-0.2, -0.15) is 0 Å². The molecule has 3 aromatic carbocycles. The first-order valence-corrected chi connectivity index (χ1v) is 9.02. The predicted molar refractivity (Wildman–Crippen MR) is 105 cm³/mol. The minimum atomic E-state index is 0.390. The van der Waals surface area contributed by atoms with Crippen LogP contribution in [0.15, 0.2) is 103 Å². The number of benzene rings is 3. The topological polar surface area (TPSA) is 0 Å². The molecule has 25 heavy (non-hydrogen) atoms. The zero-order chi connectivity index (χ0) is 16.6. The summed E-state index contributed by atoms with van der Waals surface area (Å²) in [5.41, 5.74) is 8.65. The fraction of sp³-hybridized carbons (Fsp3) is 0.120. The van der Waals surface area contributed by atoms with Gasteiger partial charge in [-0.25, -0.2) is 0 Å². The maximum Gasteiger partial charge on any atom is 0.0208 e.